The van der Waals surface area contributed by atoms with E-state index in [0.717, 1.165) is 54.4 Å². The van der Waals surface area contributed by atoms with Crippen LogP contribution in [0.25, 0.3) is 11.4 Å². The van der Waals surface area contributed by atoms with E-state index in [2.05, 4.69) is 21.8 Å². The van der Waals surface area contributed by atoms with Crippen LogP contribution < -0.4 is 4.90 Å². The molecule has 2 aromatic rings. The maximum Gasteiger partial charge on any atom is 0.163 e. The average molecular weight is 298 g/mol. The summed E-state index contributed by atoms with van der Waals surface area (Å²) in [5, 5.41) is 9.44. The topological polar surface area (TPSA) is 62.1 Å². The van der Waals surface area contributed by atoms with Crippen molar-refractivity contribution in [2.75, 3.05) is 24.6 Å². The summed E-state index contributed by atoms with van der Waals surface area (Å²) in [6.45, 7) is 6.18. The van der Waals surface area contributed by atoms with Gasteiger partial charge < -0.3 is 10.0 Å². The van der Waals surface area contributed by atoms with Crippen LogP contribution in [0.15, 0.2) is 24.5 Å². The van der Waals surface area contributed by atoms with Gasteiger partial charge in [-0.25, -0.2) is 9.97 Å². The summed E-state index contributed by atoms with van der Waals surface area (Å²) < 4.78 is 0. The summed E-state index contributed by atoms with van der Waals surface area (Å²) in [7, 11) is 0. The molecule has 0 spiro atoms. The minimum absolute atomic E-state index is 0.245. The molecule has 3 heterocycles. The minimum Gasteiger partial charge on any atom is -0.396 e. The van der Waals surface area contributed by atoms with E-state index < -0.39 is 0 Å². The second kappa shape index (κ2) is 6.40. The molecule has 2 aromatic heterocycles. The first-order valence-electron chi connectivity index (χ1n) is 7.80. The summed E-state index contributed by atoms with van der Waals surface area (Å²) in [5.41, 5.74) is 3.05. The first-order valence-corrected chi connectivity index (χ1v) is 7.80. The molecule has 3 rings (SSSR count). The minimum atomic E-state index is 0.245. The Labute approximate surface area is 131 Å². The van der Waals surface area contributed by atoms with Crippen LogP contribution >= 0.6 is 0 Å². The average Bonchev–Trinajstić information content (AvgIpc) is 2.58. The molecule has 1 saturated heterocycles. The molecule has 1 atom stereocenters. The van der Waals surface area contributed by atoms with E-state index in [1.165, 1.54) is 0 Å². The second-order valence-corrected chi connectivity index (χ2v) is 5.96. The lowest BCUT2D eigenvalue weighted by Crippen LogP contribution is -2.38. The van der Waals surface area contributed by atoms with Gasteiger partial charge in [0.25, 0.3) is 0 Å². The third-order valence-electron chi connectivity index (χ3n) is 4.36. The number of hydrogen-bond acceptors (Lipinski definition) is 5. The van der Waals surface area contributed by atoms with E-state index in [4.69, 9.17) is 4.98 Å². The number of aromatic nitrogens is 3. The van der Waals surface area contributed by atoms with Crippen LogP contribution in [-0.2, 0) is 0 Å². The van der Waals surface area contributed by atoms with Gasteiger partial charge in [-0.2, -0.15) is 0 Å². The monoisotopic (exact) mass is 298 g/mol. The molecule has 1 aliphatic rings. The van der Waals surface area contributed by atoms with E-state index in [-0.39, 0.29) is 6.61 Å². The molecule has 1 N–H and O–H groups in total. The van der Waals surface area contributed by atoms with Crippen LogP contribution in [0.4, 0.5) is 5.82 Å². The van der Waals surface area contributed by atoms with Crippen LogP contribution in [0, 0.1) is 19.8 Å². The van der Waals surface area contributed by atoms with Gasteiger partial charge in [0.15, 0.2) is 5.82 Å². The van der Waals surface area contributed by atoms with Crippen LogP contribution in [0.2, 0.25) is 0 Å². The Bertz CT molecular complexity index is 645. The highest BCUT2D eigenvalue weighted by atomic mass is 16.3. The van der Waals surface area contributed by atoms with Crippen LogP contribution in [0.3, 0.4) is 0 Å². The van der Waals surface area contributed by atoms with Crippen molar-refractivity contribution in [2.24, 2.45) is 5.92 Å². The highest BCUT2D eigenvalue weighted by molar-refractivity contribution is 5.59. The standard InChI is InChI=1S/C17H22N4O/c1-12-13(2)19-16(15-6-3-7-18-9-15)20-17(12)21-8-4-5-14(10-21)11-22/h3,6-7,9,14,22H,4-5,8,10-11H2,1-2H3. The van der Waals surface area contributed by atoms with Gasteiger partial charge in [0.05, 0.1) is 0 Å². The Hall–Kier alpha value is -2.01. The lowest BCUT2D eigenvalue weighted by Gasteiger charge is -2.34. The number of aryl methyl sites for hydroxylation is 1. The number of nitrogens with zero attached hydrogens (tertiary/aromatic N) is 4. The Morgan fingerprint density at radius 2 is 2.18 bits per heavy atom. The number of piperidine rings is 1. The molecule has 0 radical (unpaired) electrons. The summed E-state index contributed by atoms with van der Waals surface area (Å²) >= 11 is 0. The smallest absolute Gasteiger partial charge is 0.163 e. The molecule has 0 bridgehead atoms. The highest BCUT2D eigenvalue weighted by Crippen LogP contribution is 2.27. The van der Waals surface area contributed by atoms with E-state index in [9.17, 15) is 5.11 Å². The predicted molar refractivity (Wildman–Crippen MR) is 86.8 cm³/mol. The molecule has 22 heavy (non-hydrogen) atoms. The van der Waals surface area contributed by atoms with Crippen LogP contribution in [0.5, 0.6) is 0 Å². The number of rotatable bonds is 3. The lowest BCUT2D eigenvalue weighted by molar-refractivity contribution is 0.208. The highest BCUT2D eigenvalue weighted by Gasteiger charge is 2.23. The molecule has 5 heteroatoms. The normalized spacial score (nSPS) is 18.5. The number of pyridine rings is 1. The molecule has 0 saturated carbocycles. The van der Waals surface area contributed by atoms with Gasteiger partial charge in [-0.15, -0.1) is 0 Å². The summed E-state index contributed by atoms with van der Waals surface area (Å²) in [6.07, 6.45) is 5.73. The quantitative estimate of drug-likeness (QED) is 0.942. The van der Waals surface area contributed by atoms with Crippen molar-refractivity contribution in [2.45, 2.75) is 26.7 Å². The fraction of sp³-hybridized carbons (Fsp3) is 0.471. The van der Waals surface area contributed by atoms with Gasteiger partial charge in [0.1, 0.15) is 5.82 Å². The fourth-order valence-corrected chi connectivity index (χ4v) is 2.95. The number of anilines is 1. The Balaban J connectivity index is 1.98. The number of hydrogen-bond donors (Lipinski definition) is 1. The van der Waals surface area contributed by atoms with Gasteiger partial charge in [0.2, 0.25) is 0 Å². The molecule has 0 aliphatic carbocycles. The van der Waals surface area contributed by atoms with E-state index in [1.54, 1.807) is 12.4 Å². The first-order chi connectivity index (χ1) is 10.7. The molecular weight excluding hydrogens is 276 g/mol. The molecule has 5 nitrogen and oxygen atoms in total. The van der Waals surface area contributed by atoms with E-state index in [1.807, 2.05) is 19.1 Å². The van der Waals surface area contributed by atoms with Gasteiger partial charge in [0, 0.05) is 48.9 Å². The first kappa shape index (κ1) is 14.9. The van der Waals surface area contributed by atoms with Crippen molar-refractivity contribution in [3.8, 4) is 11.4 Å². The SMILES string of the molecule is Cc1nc(-c2cccnc2)nc(N2CCCC(CO)C2)c1C. The van der Waals surface area contributed by atoms with Crippen LogP contribution in [0.1, 0.15) is 24.1 Å². The van der Waals surface area contributed by atoms with Gasteiger partial charge in [-0.3, -0.25) is 4.98 Å². The van der Waals surface area contributed by atoms with Crippen molar-refractivity contribution in [1.29, 1.82) is 0 Å². The molecule has 1 unspecified atom stereocenters. The molecule has 0 aromatic carbocycles. The maximum absolute atomic E-state index is 9.44. The molecule has 116 valence electrons. The van der Waals surface area contributed by atoms with Crippen molar-refractivity contribution in [1.82, 2.24) is 15.0 Å². The fourth-order valence-electron chi connectivity index (χ4n) is 2.95. The van der Waals surface area contributed by atoms with Gasteiger partial charge in [-0.1, -0.05) is 0 Å². The molecule has 0 amide bonds. The van der Waals surface area contributed by atoms with E-state index >= 15 is 0 Å². The van der Waals surface area contributed by atoms with Gasteiger partial charge >= 0.3 is 0 Å². The number of aliphatic hydroxyl groups excluding tert-OH is 1. The van der Waals surface area contributed by atoms with E-state index in [0.29, 0.717) is 5.92 Å². The molecular formula is C17H22N4O. The van der Waals surface area contributed by atoms with Crippen LogP contribution in [-0.4, -0.2) is 39.8 Å². The predicted octanol–water partition coefficient (Wildman–Crippen LogP) is 2.36. The van der Waals surface area contributed by atoms with Gasteiger partial charge in [-0.05, 0) is 44.7 Å². The zero-order chi connectivity index (χ0) is 15.5. The lowest BCUT2D eigenvalue weighted by atomic mass is 9.98. The largest absolute Gasteiger partial charge is 0.396 e. The Kier molecular flexibility index (Phi) is 4.34. The third kappa shape index (κ3) is 2.95. The Morgan fingerprint density at radius 3 is 2.91 bits per heavy atom. The maximum atomic E-state index is 9.44. The summed E-state index contributed by atoms with van der Waals surface area (Å²) in [6, 6.07) is 3.88. The van der Waals surface area contributed by atoms with Crippen molar-refractivity contribution in [3.05, 3.63) is 35.8 Å². The zero-order valence-corrected chi connectivity index (χ0v) is 13.2. The summed E-state index contributed by atoms with van der Waals surface area (Å²) in [4.78, 5) is 15.8. The number of aliphatic hydroxyl groups is 1. The van der Waals surface area contributed by atoms with Crippen molar-refractivity contribution < 1.29 is 5.11 Å². The van der Waals surface area contributed by atoms with Crippen molar-refractivity contribution in [3.63, 3.8) is 0 Å². The second-order valence-electron chi connectivity index (χ2n) is 5.96. The summed E-state index contributed by atoms with van der Waals surface area (Å²) in [5.74, 6) is 2.05. The Morgan fingerprint density at radius 1 is 1.32 bits per heavy atom. The third-order valence-corrected chi connectivity index (χ3v) is 4.36. The van der Waals surface area contributed by atoms with Crippen molar-refractivity contribution >= 4 is 5.82 Å². The molecule has 1 fully saturated rings. The molecule has 1 aliphatic heterocycles. The zero-order valence-electron chi connectivity index (χ0n) is 13.2.